The Morgan fingerprint density at radius 1 is 1.00 bits per heavy atom. The second-order valence-electron chi connectivity index (χ2n) is 4.22. The Hall–Kier alpha value is -2.46. The molecular weight excluding hydrogens is 274 g/mol. The fraction of sp³-hybridized carbons (Fsp3) is 0. The Balaban J connectivity index is 1.90. The molecule has 0 saturated heterocycles. The molecule has 0 aliphatic carbocycles. The van der Waals surface area contributed by atoms with Gasteiger partial charge in [0.05, 0.1) is 6.20 Å². The third kappa shape index (κ3) is 2.46. The summed E-state index contributed by atoms with van der Waals surface area (Å²) < 4.78 is 1.32. The minimum atomic E-state index is -0.193. The highest BCUT2D eigenvalue weighted by Crippen LogP contribution is 2.18. The number of nitrogens with zero attached hydrogens (tertiary/aromatic N) is 3. The molecule has 0 atom stereocenters. The number of aromatic nitrogens is 3. The lowest BCUT2D eigenvalue weighted by molar-refractivity contribution is 0.0945. The first-order valence-electron chi connectivity index (χ1n) is 5.99. The van der Waals surface area contributed by atoms with Gasteiger partial charge >= 0.3 is 0 Å². The van der Waals surface area contributed by atoms with E-state index in [1.54, 1.807) is 49.1 Å². The van der Waals surface area contributed by atoms with Crippen molar-refractivity contribution in [1.82, 2.24) is 14.8 Å². The molecule has 5 heteroatoms. The molecule has 0 fully saturated rings. The lowest BCUT2D eigenvalue weighted by atomic mass is 10.1. The van der Waals surface area contributed by atoms with E-state index in [-0.39, 0.29) is 5.91 Å². The zero-order valence-corrected chi connectivity index (χ0v) is 11.2. The number of rotatable bonds is 2. The Kier molecular flexibility index (Phi) is 3.31. The van der Waals surface area contributed by atoms with Crippen molar-refractivity contribution in [3.05, 3.63) is 71.8 Å². The van der Waals surface area contributed by atoms with Crippen LogP contribution in [0.2, 0.25) is 5.02 Å². The molecule has 0 spiro atoms. The van der Waals surface area contributed by atoms with Crippen molar-refractivity contribution in [1.29, 1.82) is 0 Å². The quantitative estimate of drug-likeness (QED) is 0.725. The first-order valence-corrected chi connectivity index (χ1v) is 6.37. The van der Waals surface area contributed by atoms with Crippen LogP contribution in [0.1, 0.15) is 10.4 Å². The van der Waals surface area contributed by atoms with E-state index in [4.69, 9.17) is 11.6 Å². The van der Waals surface area contributed by atoms with Crippen molar-refractivity contribution in [2.75, 3.05) is 0 Å². The van der Waals surface area contributed by atoms with Crippen molar-refractivity contribution in [2.24, 2.45) is 0 Å². The Labute approximate surface area is 120 Å². The topological polar surface area (TPSA) is 47.8 Å². The van der Waals surface area contributed by atoms with Gasteiger partial charge in [0.25, 0.3) is 5.91 Å². The number of carbonyl (C=O) groups is 1. The molecule has 20 heavy (non-hydrogen) atoms. The fourth-order valence-corrected chi connectivity index (χ4v) is 1.98. The van der Waals surface area contributed by atoms with E-state index in [1.165, 1.54) is 4.68 Å². The summed E-state index contributed by atoms with van der Waals surface area (Å²) in [4.78, 5) is 16.2. The molecule has 0 N–H and O–H groups in total. The van der Waals surface area contributed by atoms with E-state index in [1.807, 2.05) is 12.1 Å². The third-order valence-electron chi connectivity index (χ3n) is 2.90. The molecule has 0 radical (unpaired) electrons. The van der Waals surface area contributed by atoms with Gasteiger partial charge in [-0.05, 0) is 42.0 Å². The van der Waals surface area contributed by atoms with E-state index in [0.29, 0.717) is 10.6 Å². The van der Waals surface area contributed by atoms with Gasteiger partial charge in [-0.25, -0.2) is 4.68 Å². The Morgan fingerprint density at radius 3 is 2.40 bits per heavy atom. The first-order chi connectivity index (χ1) is 9.74. The summed E-state index contributed by atoms with van der Waals surface area (Å²) in [5.41, 5.74) is 2.38. The van der Waals surface area contributed by atoms with Crippen LogP contribution in [0.15, 0.2) is 61.2 Å². The molecule has 3 aromatic rings. The molecule has 0 amide bonds. The standard InChI is InChI=1S/C15H10ClN3O/c16-14-3-1-12(2-4-14)15(20)19-10-13(9-18-19)11-5-7-17-8-6-11/h1-10H. The number of halogens is 1. The van der Waals surface area contributed by atoms with Crippen LogP contribution < -0.4 is 0 Å². The van der Waals surface area contributed by atoms with Gasteiger partial charge in [-0.15, -0.1) is 0 Å². The highest BCUT2D eigenvalue weighted by molar-refractivity contribution is 6.30. The van der Waals surface area contributed by atoms with Crippen LogP contribution in [0.5, 0.6) is 0 Å². The van der Waals surface area contributed by atoms with E-state index >= 15 is 0 Å². The summed E-state index contributed by atoms with van der Waals surface area (Å²) in [6.07, 6.45) is 6.76. The van der Waals surface area contributed by atoms with Crippen molar-refractivity contribution in [3.8, 4) is 11.1 Å². The van der Waals surface area contributed by atoms with E-state index < -0.39 is 0 Å². The second kappa shape index (κ2) is 5.27. The molecule has 2 aromatic heterocycles. The first kappa shape index (κ1) is 12.6. The van der Waals surface area contributed by atoms with E-state index in [2.05, 4.69) is 10.1 Å². The van der Waals surface area contributed by atoms with Gasteiger partial charge in [-0.3, -0.25) is 9.78 Å². The maximum absolute atomic E-state index is 12.2. The van der Waals surface area contributed by atoms with Crippen LogP contribution in [-0.4, -0.2) is 20.7 Å². The predicted octanol–water partition coefficient (Wildman–Crippen LogP) is 3.29. The molecule has 0 aliphatic heterocycles. The minimum Gasteiger partial charge on any atom is -0.267 e. The number of carbonyl (C=O) groups excluding carboxylic acids is 1. The number of hydrogen-bond acceptors (Lipinski definition) is 3. The molecule has 98 valence electrons. The zero-order chi connectivity index (χ0) is 13.9. The minimum absolute atomic E-state index is 0.193. The van der Waals surface area contributed by atoms with Crippen LogP contribution >= 0.6 is 11.6 Å². The van der Waals surface area contributed by atoms with Gasteiger partial charge in [-0.1, -0.05) is 11.6 Å². The number of benzene rings is 1. The van der Waals surface area contributed by atoms with Crippen LogP contribution in [0.4, 0.5) is 0 Å². The highest BCUT2D eigenvalue weighted by atomic mass is 35.5. The number of hydrogen-bond donors (Lipinski definition) is 0. The van der Waals surface area contributed by atoms with Gasteiger partial charge in [0.2, 0.25) is 0 Å². The van der Waals surface area contributed by atoms with Crippen LogP contribution in [-0.2, 0) is 0 Å². The van der Waals surface area contributed by atoms with E-state index in [0.717, 1.165) is 11.1 Å². The zero-order valence-electron chi connectivity index (χ0n) is 10.4. The normalized spacial score (nSPS) is 10.4. The lowest BCUT2D eigenvalue weighted by Gasteiger charge is -2.00. The molecule has 0 unspecified atom stereocenters. The lowest BCUT2D eigenvalue weighted by Crippen LogP contribution is -2.12. The molecule has 0 saturated carbocycles. The monoisotopic (exact) mass is 283 g/mol. The molecule has 0 aliphatic rings. The summed E-state index contributed by atoms with van der Waals surface area (Å²) >= 11 is 5.81. The fourth-order valence-electron chi connectivity index (χ4n) is 1.85. The molecule has 3 rings (SSSR count). The molecule has 4 nitrogen and oxygen atoms in total. The van der Waals surface area contributed by atoms with Crippen LogP contribution in [0, 0.1) is 0 Å². The maximum atomic E-state index is 12.2. The molecule has 1 aromatic carbocycles. The average Bonchev–Trinajstić information content (AvgIpc) is 2.98. The molecule has 2 heterocycles. The van der Waals surface area contributed by atoms with Crippen molar-refractivity contribution >= 4 is 17.5 Å². The van der Waals surface area contributed by atoms with Gasteiger partial charge in [0.1, 0.15) is 0 Å². The van der Waals surface area contributed by atoms with Gasteiger partial charge in [-0.2, -0.15) is 5.10 Å². The largest absolute Gasteiger partial charge is 0.278 e. The molecular formula is C15H10ClN3O. The summed E-state index contributed by atoms with van der Waals surface area (Å²) in [5.74, 6) is -0.193. The second-order valence-corrected chi connectivity index (χ2v) is 4.66. The van der Waals surface area contributed by atoms with Crippen molar-refractivity contribution in [3.63, 3.8) is 0 Å². The SMILES string of the molecule is O=C(c1ccc(Cl)cc1)n1cc(-c2ccncc2)cn1. The Bertz CT molecular complexity index is 735. The number of pyridine rings is 1. The van der Waals surface area contributed by atoms with Gasteiger partial charge in [0.15, 0.2) is 0 Å². The Morgan fingerprint density at radius 2 is 1.70 bits per heavy atom. The van der Waals surface area contributed by atoms with Gasteiger partial charge < -0.3 is 0 Å². The third-order valence-corrected chi connectivity index (χ3v) is 3.15. The summed E-state index contributed by atoms with van der Waals surface area (Å²) in [5, 5.41) is 4.70. The highest BCUT2D eigenvalue weighted by Gasteiger charge is 2.10. The van der Waals surface area contributed by atoms with Gasteiger partial charge in [0, 0.05) is 34.7 Å². The maximum Gasteiger partial charge on any atom is 0.278 e. The van der Waals surface area contributed by atoms with Crippen molar-refractivity contribution < 1.29 is 4.79 Å². The van der Waals surface area contributed by atoms with E-state index in [9.17, 15) is 4.79 Å². The average molecular weight is 284 g/mol. The molecule has 0 bridgehead atoms. The summed E-state index contributed by atoms with van der Waals surface area (Å²) in [6.45, 7) is 0. The van der Waals surface area contributed by atoms with Crippen LogP contribution in [0.25, 0.3) is 11.1 Å². The van der Waals surface area contributed by atoms with Crippen molar-refractivity contribution in [2.45, 2.75) is 0 Å². The summed E-state index contributed by atoms with van der Waals surface area (Å²) in [7, 11) is 0. The van der Waals surface area contributed by atoms with Crippen LogP contribution in [0.3, 0.4) is 0 Å². The smallest absolute Gasteiger partial charge is 0.267 e. The predicted molar refractivity (Wildman–Crippen MR) is 76.6 cm³/mol. The summed E-state index contributed by atoms with van der Waals surface area (Å²) in [6, 6.07) is 10.5.